The Morgan fingerprint density at radius 1 is 1.06 bits per heavy atom. The van der Waals surface area contributed by atoms with Crippen LogP contribution >= 0.6 is 0 Å². The monoisotopic (exact) mass is 465 g/mol. The average Bonchev–Trinajstić information content (AvgIpc) is 2.78. The minimum atomic E-state index is -1.08. The van der Waals surface area contributed by atoms with Crippen LogP contribution in [0.4, 0.5) is 0 Å². The predicted molar refractivity (Wildman–Crippen MR) is 119 cm³/mol. The summed E-state index contributed by atoms with van der Waals surface area (Å²) in [5.74, 6) is -2.47. The van der Waals surface area contributed by atoms with Gasteiger partial charge in [-0.2, -0.15) is 0 Å². The normalized spacial score (nSPS) is 13.1. The molecule has 3 atom stereocenters. The number of primary amides is 1. The number of amides is 4. The average molecular weight is 466 g/mol. The first kappa shape index (κ1) is 27.3. The molecule has 3 unspecified atom stereocenters. The van der Waals surface area contributed by atoms with Gasteiger partial charge >= 0.3 is 0 Å². The van der Waals surface area contributed by atoms with Gasteiger partial charge in [0.15, 0.2) is 11.5 Å². The highest BCUT2D eigenvalue weighted by Gasteiger charge is 2.28. The molecule has 5 N–H and O–H groups in total. The van der Waals surface area contributed by atoms with E-state index in [4.69, 9.17) is 15.2 Å². The standard InChI is InChI=1S/C21H31N5O7/c1-5-6-14(11-18(27)25-26-31)20(29)24-15(21(30)23-12(2)19(22)28)9-13-7-8-16(32-3)17(10-13)33-4/h7-8,10,12,14-15H,5-6,9,11H2,1-4H3,(H2,22,28)(H,23,30)(H,24,29)(H,25,27,31). The van der Waals surface area contributed by atoms with Gasteiger partial charge in [-0.15, -0.1) is 4.91 Å². The summed E-state index contributed by atoms with van der Waals surface area (Å²) in [7, 11) is 2.96. The Balaban J connectivity index is 3.14. The third-order valence-corrected chi connectivity index (χ3v) is 4.92. The van der Waals surface area contributed by atoms with Crippen molar-refractivity contribution in [1.82, 2.24) is 16.1 Å². The van der Waals surface area contributed by atoms with Gasteiger partial charge < -0.3 is 25.8 Å². The first-order chi connectivity index (χ1) is 15.7. The van der Waals surface area contributed by atoms with Crippen LogP contribution in [0, 0.1) is 10.8 Å². The molecule has 0 aromatic heterocycles. The molecule has 33 heavy (non-hydrogen) atoms. The molecular formula is C21H31N5O7. The quantitative estimate of drug-likeness (QED) is 0.226. The molecule has 12 nitrogen and oxygen atoms in total. The SMILES string of the molecule is CCCC(CC(=O)NN=O)C(=O)NC(Cc1ccc(OC)c(OC)c1)C(=O)NC(C)C(N)=O. The van der Waals surface area contributed by atoms with Gasteiger partial charge in [-0.1, -0.05) is 19.4 Å². The first-order valence-corrected chi connectivity index (χ1v) is 10.4. The molecule has 1 aromatic carbocycles. The van der Waals surface area contributed by atoms with E-state index >= 15 is 0 Å². The van der Waals surface area contributed by atoms with Crippen molar-refractivity contribution in [2.24, 2.45) is 16.9 Å². The molecular weight excluding hydrogens is 434 g/mol. The van der Waals surface area contributed by atoms with Gasteiger partial charge in [0.25, 0.3) is 0 Å². The minimum Gasteiger partial charge on any atom is -0.493 e. The number of methoxy groups -OCH3 is 2. The molecule has 0 aliphatic heterocycles. The Labute approximate surface area is 191 Å². The van der Waals surface area contributed by atoms with Crippen LogP contribution in [0.5, 0.6) is 11.5 Å². The molecule has 4 amide bonds. The topological polar surface area (TPSA) is 178 Å². The Morgan fingerprint density at radius 3 is 2.27 bits per heavy atom. The molecule has 1 aromatic rings. The van der Waals surface area contributed by atoms with E-state index in [9.17, 15) is 24.1 Å². The van der Waals surface area contributed by atoms with Crippen LogP contribution in [-0.2, 0) is 25.6 Å². The molecule has 0 fully saturated rings. The van der Waals surface area contributed by atoms with E-state index in [1.165, 1.54) is 21.1 Å². The van der Waals surface area contributed by atoms with Gasteiger partial charge in [-0.25, -0.2) is 5.43 Å². The second-order valence-corrected chi connectivity index (χ2v) is 7.40. The number of nitroso groups, excluding NO2 is 1. The number of nitrogens with two attached hydrogens (primary N) is 1. The maximum absolute atomic E-state index is 12.9. The Hall–Kier alpha value is -3.70. The largest absolute Gasteiger partial charge is 0.493 e. The highest BCUT2D eigenvalue weighted by molar-refractivity contribution is 5.93. The smallest absolute Gasteiger partial charge is 0.243 e. The number of carbonyl (C=O) groups excluding carboxylic acids is 4. The lowest BCUT2D eigenvalue weighted by Crippen LogP contribution is -2.53. The van der Waals surface area contributed by atoms with Crippen molar-refractivity contribution in [3.05, 3.63) is 28.7 Å². The Morgan fingerprint density at radius 2 is 1.73 bits per heavy atom. The van der Waals surface area contributed by atoms with E-state index in [-0.39, 0.29) is 12.8 Å². The van der Waals surface area contributed by atoms with Crippen molar-refractivity contribution in [3.8, 4) is 11.5 Å². The maximum atomic E-state index is 12.9. The Bertz CT molecular complexity index is 861. The fraction of sp³-hybridized carbons (Fsp3) is 0.524. The number of nitrogens with zero attached hydrogens (tertiary/aromatic N) is 1. The molecule has 182 valence electrons. The summed E-state index contributed by atoms with van der Waals surface area (Å²) in [5.41, 5.74) is 7.64. The zero-order valence-corrected chi connectivity index (χ0v) is 19.2. The number of nitrogens with one attached hydrogen (secondary N) is 3. The van der Waals surface area contributed by atoms with Crippen molar-refractivity contribution in [2.75, 3.05) is 14.2 Å². The van der Waals surface area contributed by atoms with E-state index in [0.29, 0.717) is 29.9 Å². The molecule has 0 bridgehead atoms. The van der Waals surface area contributed by atoms with Crippen LogP contribution < -0.4 is 31.3 Å². The molecule has 0 aliphatic rings. The van der Waals surface area contributed by atoms with Gasteiger partial charge in [0.05, 0.1) is 19.5 Å². The number of hydrogen-bond acceptors (Lipinski definition) is 8. The lowest BCUT2D eigenvalue weighted by molar-refractivity contribution is -0.134. The fourth-order valence-corrected chi connectivity index (χ4v) is 3.12. The molecule has 1 rings (SSSR count). The molecule has 0 saturated carbocycles. The van der Waals surface area contributed by atoms with Gasteiger partial charge in [-0.3, -0.25) is 19.2 Å². The second kappa shape index (κ2) is 13.7. The molecule has 0 spiro atoms. The van der Waals surface area contributed by atoms with Gasteiger partial charge in [0.2, 0.25) is 23.6 Å². The maximum Gasteiger partial charge on any atom is 0.243 e. The molecule has 0 aliphatic carbocycles. The highest BCUT2D eigenvalue weighted by atomic mass is 16.5. The lowest BCUT2D eigenvalue weighted by Gasteiger charge is -2.23. The lowest BCUT2D eigenvalue weighted by atomic mass is 9.97. The molecule has 0 saturated heterocycles. The summed E-state index contributed by atoms with van der Waals surface area (Å²) in [4.78, 5) is 59.2. The summed E-state index contributed by atoms with van der Waals surface area (Å²) in [6, 6.07) is 2.99. The summed E-state index contributed by atoms with van der Waals surface area (Å²) in [6.45, 7) is 3.25. The zero-order chi connectivity index (χ0) is 25.0. The van der Waals surface area contributed by atoms with E-state index in [1.54, 1.807) is 23.6 Å². The van der Waals surface area contributed by atoms with Gasteiger partial charge in [-0.05, 0) is 31.0 Å². The van der Waals surface area contributed by atoms with E-state index in [0.717, 1.165) is 0 Å². The number of ether oxygens (including phenoxy) is 2. The van der Waals surface area contributed by atoms with Crippen molar-refractivity contribution < 1.29 is 28.7 Å². The van der Waals surface area contributed by atoms with Crippen molar-refractivity contribution >= 4 is 23.6 Å². The number of benzene rings is 1. The van der Waals surface area contributed by atoms with Crippen molar-refractivity contribution in [2.45, 2.75) is 51.6 Å². The van der Waals surface area contributed by atoms with Crippen LogP contribution in [0.15, 0.2) is 23.5 Å². The van der Waals surface area contributed by atoms with Gasteiger partial charge in [0, 0.05) is 18.8 Å². The van der Waals surface area contributed by atoms with Crippen LogP contribution in [0.1, 0.15) is 38.7 Å². The van der Waals surface area contributed by atoms with E-state index in [2.05, 4.69) is 15.9 Å². The van der Waals surface area contributed by atoms with E-state index < -0.39 is 41.6 Å². The van der Waals surface area contributed by atoms with Crippen LogP contribution in [0.3, 0.4) is 0 Å². The summed E-state index contributed by atoms with van der Waals surface area (Å²) >= 11 is 0. The van der Waals surface area contributed by atoms with Crippen LogP contribution in [-0.4, -0.2) is 49.9 Å². The summed E-state index contributed by atoms with van der Waals surface area (Å²) in [5, 5.41) is 7.43. The zero-order valence-electron chi connectivity index (χ0n) is 19.2. The summed E-state index contributed by atoms with van der Waals surface area (Å²) in [6.07, 6.45) is 0.726. The molecule has 0 radical (unpaired) electrons. The van der Waals surface area contributed by atoms with Crippen LogP contribution in [0.2, 0.25) is 0 Å². The van der Waals surface area contributed by atoms with Crippen molar-refractivity contribution in [3.63, 3.8) is 0 Å². The predicted octanol–water partition coefficient (Wildman–Crippen LogP) is 0.325. The van der Waals surface area contributed by atoms with Crippen LogP contribution in [0.25, 0.3) is 0 Å². The molecule has 0 heterocycles. The van der Waals surface area contributed by atoms with Crippen molar-refractivity contribution in [1.29, 1.82) is 0 Å². The minimum absolute atomic E-state index is 0.0599. The van der Waals surface area contributed by atoms with E-state index in [1.807, 2.05) is 6.92 Å². The fourth-order valence-electron chi connectivity index (χ4n) is 3.12. The third-order valence-electron chi connectivity index (χ3n) is 4.92. The second-order valence-electron chi connectivity index (χ2n) is 7.40. The summed E-state index contributed by atoms with van der Waals surface area (Å²) < 4.78 is 10.5. The first-order valence-electron chi connectivity index (χ1n) is 10.4. The number of rotatable bonds is 14. The third kappa shape index (κ3) is 8.75. The highest BCUT2D eigenvalue weighted by Crippen LogP contribution is 2.28. The number of hydrogen-bond donors (Lipinski definition) is 4. The molecule has 12 heteroatoms. The Kier molecular flexibility index (Phi) is 11.3. The number of carbonyl (C=O) groups is 4. The van der Waals surface area contributed by atoms with Gasteiger partial charge in [0.1, 0.15) is 12.1 Å².